The van der Waals surface area contributed by atoms with Crippen molar-refractivity contribution in [2.24, 2.45) is 11.8 Å². The molecule has 1 saturated carbocycles. The number of carbonyl (C=O) groups is 2. The van der Waals surface area contributed by atoms with Crippen molar-refractivity contribution in [1.82, 2.24) is 10.2 Å². The molecule has 2 rings (SSSR count). The van der Waals surface area contributed by atoms with Gasteiger partial charge in [0.2, 0.25) is 11.8 Å². The first kappa shape index (κ1) is 15.3. The third-order valence-corrected chi connectivity index (χ3v) is 4.92. The molecular weight excluding hydrogens is 252 g/mol. The number of amides is 2. The Bertz CT molecular complexity index is 377. The monoisotopic (exact) mass is 280 g/mol. The molecule has 0 spiro atoms. The number of carbonyl (C=O) groups excluding carboxylic acids is 2. The largest absolute Gasteiger partial charge is 0.342 e. The van der Waals surface area contributed by atoms with Crippen LogP contribution in [0.4, 0.5) is 0 Å². The molecule has 0 aromatic carbocycles. The van der Waals surface area contributed by atoms with Crippen molar-refractivity contribution >= 4 is 11.8 Å². The Hall–Kier alpha value is -1.06. The Balaban J connectivity index is 2.23. The zero-order chi connectivity index (χ0) is 14.9. The lowest BCUT2D eigenvalue weighted by atomic mass is 9.78. The topological polar surface area (TPSA) is 49.4 Å². The molecule has 2 fully saturated rings. The van der Waals surface area contributed by atoms with Gasteiger partial charge in [0.25, 0.3) is 0 Å². The van der Waals surface area contributed by atoms with Gasteiger partial charge in [-0.25, -0.2) is 0 Å². The van der Waals surface area contributed by atoms with E-state index in [9.17, 15) is 9.59 Å². The molecule has 0 aromatic rings. The summed E-state index contributed by atoms with van der Waals surface area (Å²) >= 11 is 0. The van der Waals surface area contributed by atoms with Gasteiger partial charge in [-0.3, -0.25) is 9.59 Å². The number of hydrogen-bond donors (Lipinski definition) is 1. The van der Waals surface area contributed by atoms with Crippen molar-refractivity contribution in [2.75, 3.05) is 0 Å². The first-order chi connectivity index (χ1) is 9.47. The van der Waals surface area contributed by atoms with Crippen LogP contribution in [0.2, 0.25) is 0 Å². The van der Waals surface area contributed by atoms with Crippen molar-refractivity contribution in [2.45, 2.75) is 77.9 Å². The predicted octanol–water partition coefficient (Wildman–Crippen LogP) is 2.33. The zero-order valence-electron chi connectivity index (χ0n) is 13.2. The quantitative estimate of drug-likeness (QED) is 0.840. The van der Waals surface area contributed by atoms with E-state index in [0.717, 1.165) is 12.8 Å². The number of piperazine rings is 1. The average Bonchev–Trinajstić information content (AvgIpc) is 2.30. The average molecular weight is 280 g/mol. The maximum absolute atomic E-state index is 12.8. The first-order valence-electron chi connectivity index (χ1n) is 8.09. The van der Waals surface area contributed by atoms with Crippen LogP contribution in [-0.2, 0) is 9.59 Å². The van der Waals surface area contributed by atoms with Crippen LogP contribution in [0.25, 0.3) is 0 Å². The molecule has 2 amide bonds. The molecule has 1 aliphatic heterocycles. The molecule has 1 aliphatic carbocycles. The molecular formula is C16H28N2O2. The van der Waals surface area contributed by atoms with Gasteiger partial charge in [-0.15, -0.1) is 0 Å². The summed E-state index contributed by atoms with van der Waals surface area (Å²) in [5, 5.41) is 2.93. The minimum atomic E-state index is -0.315. The van der Waals surface area contributed by atoms with Crippen LogP contribution in [-0.4, -0.2) is 34.8 Å². The summed E-state index contributed by atoms with van der Waals surface area (Å²) in [4.78, 5) is 27.1. The second-order valence-corrected chi connectivity index (χ2v) is 6.72. The van der Waals surface area contributed by atoms with E-state index in [2.05, 4.69) is 12.2 Å². The van der Waals surface area contributed by atoms with Crippen molar-refractivity contribution in [3.05, 3.63) is 0 Å². The van der Waals surface area contributed by atoms with Gasteiger partial charge in [-0.2, -0.15) is 0 Å². The van der Waals surface area contributed by atoms with Gasteiger partial charge >= 0.3 is 0 Å². The second kappa shape index (κ2) is 6.15. The Labute approximate surface area is 122 Å². The van der Waals surface area contributed by atoms with Gasteiger partial charge in [-0.05, 0) is 38.0 Å². The van der Waals surface area contributed by atoms with E-state index in [1.165, 1.54) is 19.3 Å². The zero-order valence-corrected chi connectivity index (χ0v) is 13.2. The van der Waals surface area contributed by atoms with Crippen LogP contribution >= 0.6 is 0 Å². The fraction of sp³-hybridized carbons (Fsp3) is 0.875. The third kappa shape index (κ3) is 2.70. The summed E-state index contributed by atoms with van der Waals surface area (Å²) in [6.45, 7) is 8.22. The fourth-order valence-corrected chi connectivity index (χ4v) is 3.47. The second-order valence-electron chi connectivity index (χ2n) is 6.72. The molecule has 4 heteroatoms. The summed E-state index contributed by atoms with van der Waals surface area (Å²) in [6, 6.07) is -0.426. The van der Waals surface area contributed by atoms with Gasteiger partial charge < -0.3 is 10.2 Å². The van der Waals surface area contributed by atoms with E-state index in [1.54, 1.807) is 0 Å². The number of nitrogens with zero attached hydrogens (tertiary/aromatic N) is 1. The van der Waals surface area contributed by atoms with E-state index in [4.69, 9.17) is 0 Å². The molecule has 1 saturated heterocycles. The molecule has 0 radical (unpaired) electrons. The van der Waals surface area contributed by atoms with Crippen molar-refractivity contribution in [3.63, 3.8) is 0 Å². The SMILES string of the molecule is CCCC1NC(=O)C(C(C)C)N(C(C)C2CCC2)C1=O. The molecule has 0 aromatic heterocycles. The van der Waals surface area contributed by atoms with Gasteiger partial charge in [0, 0.05) is 6.04 Å². The molecule has 20 heavy (non-hydrogen) atoms. The van der Waals surface area contributed by atoms with Crippen molar-refractivity contribution < 1.29 is 9.59 Å². The number of rotatable bonds is 5. The van der Waals surface area contributed by atoms with Gasteiger partial charge in [0.05, 0.1) is 0 Å². The number of nitrogens with one attached hydrogen (secondary N) is 1. The maximum Gasteiger partial charge on any atom is 0.246 e. The summed E-state index contributed by atoms with van der Waals surface area (Å²) in [5.41, 5.74) is 0. The van der Waals surface area contributed by atoms with E-state index < -0.39 is 0 Å². The van der Waals surface area contributed by atoms with Gasteiger partial charge in [-0.1, -0.05) is 33.6 Å². The Morgan fingerprint density at radius 2 is 1.90 bits per heavy atom. The minimum absolute atomic E-state index is 0.0317. The Morgan fingerprint density at radius 3 is 2.35 bits per heavy atom. The van der Waals surface area contributed by atoms with E-state index in [1.807, 2.05) is 25.7 Å². The molecule has 3 unspecified atom stereocenters. The van der Waals surface area contributed by atoms with Crippen LogP contribution in [0.3, 0.4) is 0 Å². The third-order valence-electron chi connectivity index (χ3n) is 4.92. The van der Waals surface area contributed by atoms with Crippen molar-refractivity contribution in [3.8, 4) is 0 Å². The van der Waals surface area contributed by atoms with Crippen LogP contribution < -0.4 is 5.32 Å². The summed E-state index contributed by atoms with van der Waals surface area (Å²) in [5.74, 6) is 0.895. The highest BCUT2D eigenvalue weighted by Gasteiger charge is 2.45. The molecule has 1 heterocycles. The van der Waals surface area contributed by atoms with Gasteiger partial charge in [0.1, 0.15) is 12.1 Å². The Morgan fingerprint density at radius 1 is 1.25 bits per heavy atom. The highest BCUT2D eigenvalue weighted by atomic mass is 16.2. The molecule has 1 N–H and O–H groups in total. The van der Waals surface area contributed by atoms with E-state index >= 15 is 0 Å². The summed E-state index contributed by atoms with van der Waals surface area (Å²) < 4.78 is 0. The fourth-order valence-electron chi connectivity index (χ4n) is 3.47. The highest BCUT2D eigenvalue weighted by Crippen LogP contribution is 2.35. The Kier molecular flexibility index (Phi) is 4.71. The molecule has 3 atom stereocenters. The lowest BCUT2D eigenvalue weighted by molar-refractivity contribution is -0.156. The van der Waals surface area contributed by atoms with Crippen LogP contribution in [0.1, 0.15) is 59.8 Å². The van der Waals surface area contributed by atoms with Crippen LogP contribution in [0, 0.1) is 11.8 Å². The normalized spacial score (nSPS) is 29.4. The van der Waals surface area contributed by atoms with E-state index in [-0.39, 0.29) is 35.9 Å². The van der Waals surface area contributed by atoms with E-state index in [0.29, 0.717) is 5.92 Å². The molecule has 0 bridgehead atoms. The van der Waals surface area contributed by atoms with Crippen LogP contribution in [0.15, 0.2) is 0 Å². The minimum Gasteiger partial charge on any atom is -0.342 e. The number of hydrogen-bond acceptors (Lipinski definition) is 2. The lowest BCUT2D eigenvalue weighted by Gasteiger charge is -2.48. The first-order valence-corrected chi connectivity index (χ1v) is 8.09. The highest BCUT2D eigenvalue weighted by molar-refractivity contribution is 5.97. The summed E-state index contributed by atoms with van der Waals surface area (Å²) in [7, 11) is 0. The van der Waals surface area contributed by atoms with Gasteiger partial charge in [0.15, 0.2) is 0 Å². The maximum atomic E-state index is 12.8. The summed E-state index contributed by atoms with van der Waals surface area (Å²) in [6.07, 6.45) is 5.29. The smallest absolute Gasteiger partial charge is 0.246 e. The molecule has 2 aliphatic rings. The molecule has 4 nitrogen and oxygen atoms in total. The lowest BCUT2D eigenvalue weighted by Crippen LogP contribution is -2.67. The van der Waals surface area contributed by atoms with Crippen molar-refractivity contribution in [1.29, 1.82) is 0 Å². The van der Waals surface area contributed by atoms with Crippen LogP contribution in [0.5, 0.6) is 0 Å². The molecule has 114 valence electrons. The predicted molar refractivity (Wildman–Crippen MR) is 79.1 cm³/mol. The standard InChI is InChI=1S/C16H28N2O2/c1-5-7-13-16(20)18(11(4)12-8-6-9-12)14(10(2)3)15(19)17-13/h10-14H,5-9H2,1-4H3,(H,17,19).